The number of nitrogens with one attached hydrogen (secondary N) is 1. The van der Waals surface area contributed by atoms with E-state index in [1.54, 1.807) is 6.33 Å². The van der Waals surface area contributed by atoms with Crippen molar-refractivity contribution in [2.75, 3.05) is 18.8 Å². The van der Waals surface area contributed by atoms with E-state index in [2.05, 4.69) is 20.3 Å². The summed E-state index contributed by atoms with van der Waals surface area (Å²) in [5, 5.41) is 12.9. The largest absolute Gasteiger partial charge is 0.390 e. The number of aliphatic hydroxyl groups is 1. The van der Waals surface area contributed by atoms with Crippen LogP contribution >= 0.6 is 0 Å². The Morgan fingerprint density at radius 3 is 3.00 bits per heavy atom. The van der Waals surface area contributed by atoms with E-state index in [0.717, 1.165) is 0 Å². The normalized spacial score (nSPS) is 25.3. The van der Waals surface area contributed by atoms with Crippen LogP contribution in [0.3, 0.4) is 0 Å². The van der Waals surface area contributed by atoms with Crippen molar-refractivity contribution in [1.29, 1.82) is 0 Å². The fourth-order valence-corrected chi connectivity index (χ4v) is 2.05. The zero-order valence-corrected chi connectivity index (χ0v) is 8.54. The van der Waals surface area contributed by atoms with Gasteiger partial charge in [0.05, 0.1) is 18.5 Å². The second-order valence-electron chi connectivity index (χ2n) is 3.88. The second kappa shape index (κ2) is 3.39. The standard InChI is InChI=1S/C9H12N6O/c10-8-7-9(13-3-12-8)15(4-14-7)5-1-11-2-6(5)16/h3-6,11,16H,1-2H2,(H2,10,12,13)/t5-,6-/m0/s1. The van der Waals surface area contributed by atoms with Crippen LogP contribution in [0.25, 0.3) is 11.2 Å². The number of hydrogen-bond donors (Lipinski definition) is 3. The third kappa shape index (κ3) is 1.25. The van der Waals surface area contributed by atoms with E-state index < -0.39 is 6.10 Å². The van der Waals surface area contributed by atoms with Crippen molar-refractivity contribution >= 4 is 17.0 Å². The predicted molar refractivity (Wildman–Crippen MR) is 57.6 cm³/mol. The molecular weight excluding hydrogens is 208 g/mol. The molecule has 0 spiro atoms. The molecule has 0 aliphatic carbocycles. The highest BCUT2D eigenvalue weighted by Crippen LogP contribution is 2.22. The summed E-state index contributed by atoms with van der Waals surface area (Å²) in [6.45, 7) is 1.29. The van der Waals surface area contributed by atoms with E-state index in [4.69, 9.17) is 5.73 Å². The van der Waals surface area contributed by atoms with Crippen molar-refractivity contribution < 1.29 is 5.11 Å². The molecule has 0 saturated carbocycles. The van der Waals surface area contributed by atoms with Crippen LogP contribution in [0.15, 0.2) is 12.7 Å². The average Bonchev–Trinajstić information content (AvgIpc) is 2.84. The molecule has 2 atom stereocenters. The maximum atomic E-state index is 9.80. The minimum atomic E-state index is -0.423. The lowest BCUT2D eigenvalue weighted by Crippen LogP contribution is -2.21. The number of rotatable bonds is 1. The molecule has 2 aromatic heterocycles. The summed E-state index contributed by atoms with van der Waals surface area (Å²) in [5.41, 5.74) is 6.95. The van der Waals surface area contributed by atoms with E-state index in [1.165, 1.54) is 6.33 Å². The Morgan fingerprint density at radius 1 is 1.38 bits per heavy atom. The topological polar surface area (TPSA) is 102 Å². The van der Waals surface area contributed by atoms with Gasteiger partial charge >= 0.3 is 0 Å². The highest BCUT2D eigenvalue weighted by molar-refractivity contribution is 5.81. The Kier molecular flexibility index (Phi) is 2.01. The molecular formula is C9H12N6O. The van der Waals surface area contributed by atoms with Crippen molar-refractivity contribution in [1.82, 2.24) is 24.8 Å². The van der Waals surface area contributed by atoms with Crippen molar-refractivity contribution in [3.05, 3.63) is 12.7 Å². The smallest absolute Gasteiger partial charge is 0.165 e. The first-order valence-corrected chi connectivity index (χ1v) is 5.09. The Balaban J connectivity index is 2.14. The SMILES string of the molecule is Nc1ncnc2c1ncn2[C@H]1CNC[C@@H]1O. The van der Waals surface area contributed by atoms with Crippen molar-refractivity contribution in [2.45, 2.75) is 12.1 Å². The van der Waals surface area contributed by atoms with Crippen LogP contribution in [-0.4, -0.2) is 43.8 Å². The Labute approximate surface area is 91.3 Å². The number of nitrogens with two attached hydrogens (primary N) is 1. The molecule has 7 nitrogen and oxygen atoms in total. The van der Waals surface area contributed by atoms with Gasteiger partial charge in [0.25, 0.3) is 0 Å². The molecule has 2 aromatic rings. The predicted octanol–water partition coefficient (Wildman–Crippen LogP) is -1.09. The molecule has 1 aliphatic rings. The van der Waals surface area contributed by atoms with E-state index in [1.807, 2.05) is 4.57 Å². The van der Waals surface area contributed by atoms with Crippen molar-refractivity contribution in [2.24, 2.45) is 0 Å². The lowest BCUT2D eigenvalue weighted by Gasteiger charge is -2.15. The van der Waals surface area contributed by atoms with Gasteiger partial charge in [0.15, 0.2) is 11.5 Å². The first-order chi connectivity index (χ1) is 7.77. The monoisotopic (exact) mass is 220 g/mol. The van der Waals surface area contributed by atoms with Gasteiger partial charge in [-0.3, -0.25) is 0 Å². The van der Waals surface area contributed by atoms with Crippen LogP contribution < -0.4 is 11.1 Å². The van der Waals surface area contributed by atoms with Crippen LogP contribution in [0.1, 0.15) is 6.04 Å². The first-order valence-electron chi connectivity index (χ1n) is 5.09. The summed E-state index contributed by atoms with van der Waals surface area (Å²) in [7, 11) is 0. The number of anilines is 1. The van der Waals surface area contributed by atoms with Gasteiger partial charge in [-0.15, -0.1) is 0 Å². The molecule has 16 heavy (non-hydrogen) atoms. The number of fused-ring (bicyclic) bond motifs is 1. The lowest BCUT2D eigenvalue weighted by molar-refractivity contribution is 0.152. The molecule has 0 bridgehead atoms. The summed E-state index contributed by atoms with van der Waals surface area (Å²) in [6.07, 6.45) is 2.63. The number of imidazole rings is 1. The summed E-state index contributed by atoms with van der Waals surface area (Å²) in [6, 6.07) is -0.0423. The summed E-state index contributed by atoms with van der Waals surface area (Å²) < 4.78 is 1.85. The number of nitrogens with zero attached hydrogens (tertiary/aromatic N) is 4. The second-order valence-corrected chi connectivity index (χ2v) is 3.88. The number of aromatic nitrogens is 4. The molecule has 3 heterocycles. The highest BCUT2D eigenvalue weighted by atomic mass is 16.3. The van der Waals surface area contributed by atoms with Gasteiger partial charge in [-0.1, -0.05) is 0 Å². The molecule has 7 heteroatoms. The lowest BCUT2D eigenvalue weighted by atomic mass is 10.2. The van der Waals surface area contributed by atoms with Gasteiger partial charge in [-0.25, -0.2) is 15.0 Å². The molecule has 0 unspecified atom stereocenters. The minimum absolute atomic E-state index is 0.0423. The quantitative estimate of drug-likeness (QED) is 0.564. The van der Waals surface area contributed by atoms with Crippen molar-refractivity contribution in [3.63, 3.8) is 0 Å². The van der Waals surface area contributed by atoms with Crippen LogP contribution in [0, 0.1) is 0 Å². The van der Waals surface area contributed by atoms with Crippen LogP contribution in [0.4, 0.5) is 5.82 Å². The van der Waals surface area contributed by atoms with Gasteiger partial charge < -0.3 is 20.7 Å². The molecule has 3 rings (SSSR count). The number of nitrogen functional groups attached to an aromatic ring is 1. The highest BCUT2D eigenvalue weighted by Gasteiger charge is 2.28. The van der Waals surface area contributed by atoms with Gasteiger partial charge in [0.1, 0.15) is 11.8 Å². The van der Waals surface area contributed by atoms with Crippen LogP contribution in [0.2, 0.25) is 0 Å². The molecule has 0 amide bonds. The van der Waals surface area contributed by atoms with Crippen LogP contribution in [0.5, 0.6) is 0 Å². The summed E-state index contributed by atoms with van der Waals surface area (Å²) >= 11 is 0. The molecule has 1 fully saturated rings. The zero-order chi connectivity index (χ0) is 11.1. The Bertz CT molecular complexity index is 524. The van der Waals surface area contributed by atoms with Crippen molar-refractivity contribution in [3.8, 4) is 0 Å². The maximum Gasteiger partial charge on any atom is 0.165 e. The van der Waals surface area contributed by atoms with Gasteiger partial charge in [0, 0.05) is 13.1 Å². The number of β-amino-alcohol motifs (C(OH)–C–C–N with tert-alkyl or cyclic N) is 1. The maximum absolute atomic E-state index is 9.80. The third-order valence-electron chi connectivity index (χ3n) is 2.90. The Morgan fingerprint density at radius 2 is 2.25 bits per heavy atom. The number of hydrogen-bond acceptors (Lipinski definition) is 6. The molecule has 0 radical (unpaired) electrons. The fraction of sp³-hybridized carbons (Fsp3) is 0.444. The average molecular weight is 220 g/mol. The van der Waals surface area contributed by atoms with E-state index in [-0.39, 0.29) is 6.04 Å². The molecule has 4 N–H and O–H groups in total. The fourth-order valence-electron chi connectivity index (χ4n) is 2.05. The van der Waals surface area contributed by atoms with Gasteiger partial charge in [-0.2, -0.15) is 0 Å². The minimum Gasteiger partial charge on any atom is -0.390 e. The molecule has 84 valence electrons. The molecule has 1 aliphatic heterocycles. The van der Waals surface area contributed by atoms with E-state index >= 15 is 0 Å². The van der Waals surface area contributed by atoms with E-state index in [0.29, 0.717) is 30.1 Å². The molecule has 1 saturated heterocycles. The summed E-state index contributed by atoms with van der Waals surface area (Å²) in [5.74, 6) is 0.365. The van der Waals surface area contributed by atoms with E-state index in [9.17, 15) is 5.11 Å². The zero-order valence-electron chi connectivity index (χ0n) is 8.54. The van der Waals surface area contributed by atoms with Crippen LogP contribution in [-0.2, 0) is 0 Å². The third-order valence-corrected chi connectivity index (χ3v) is 2.90. The first kappa shape index (κ1) is 9.49. The Hall–Kier alpha value is -1.73. The van der Waals surface area contributed by atoms with Gasteiger partial charge in [-0.05, 0) is 0 Å². The molecule has 0 aromatic carbocycles. The summed E-state index contributed by atoms with van der Waals surface area (Å²) in [4.78, 5) is 12.2. The number of aliphatic hydroxyl groups excluding tert-OH is 1. The van der Waals surface area contributed by atoms with Gasteiger partial charge in [0.2, 0.25) is 0 Å².